The van der Waals surface area contributed by atoms with Crippen molar-refractivity contribution in [3.8, 4) is 28.7 Å². The minimum Gasteiger partial charge on any atom is -0.496 e. The van der Waals surface area contributed by atoms with Crippen molar-refractivity contribution in [1.82, 2.24) is 0 Å². The van der Waals surface area contributed by atoms with Crippen LogP contribution in [0.3, 0.4) is 0 Å². The smallest absolute Gasteiger partial charge is 0.203 e. The molecule has 6 nitrogen and oxygen atoms in total. The predicted octanol–water partition coefficient (Wildman–Crippen LogP) is 4.25. The summed E-state index contributed by atoms with van der Waals surface area (Å²) in [6.45, 7) is 4.12. The molecule has 2 aromatic carbocycles. The Labute approximate surface area is 171 Å². The quantitative estimate of drug-likeness (QED) is 0.648. The number of ether oxygens (including phenoxy) is 5. The zero-order chi connectivity index (χ0) is 21.2. The minimum absolute atomic E-state index is 0.0521. The van der Waals surface area contributed by atoms with Crippen molar-refractivity contribution in [2.45, 2.75) is 38.7 Å². The van der Waals surface area contributed by atoms with Crippen molar-refractivity contribution in [1.29, 1.82) is 0 Å². The molecule has 156 valence electrons. The summed E-state index contributed by atoms with van der Waals surface area (Å²) in [6.07, 6.45) is 1.84. The van der Waals surface area contributed by atoms with Crippen molar-refractivity contribution in [2.24, 2.45) is 0 Å². The van der Waals surface area contributed by atoms with E-state index in [-0.39, 0.29) is 17.8 Å². The van der Waals surface area contributed by atoms with Gasteiger partial charge in [0.15, 0.2) is 17.3 Å². The molecule has 0 aliphatic carbocycles. The number of benzene rings is 2. The summed E-state index contributed by atoms with van der Waals surface area (Å²) in [4.78, 5) is 13.1. The van der Waals surface area contributed by atoms with E-state index in [1.807, 2.05) is 6.07 Å². The second-order valence-electron chi connectivity index (χ2n) is 7.62. The fourth-order valence-electron chi connectivity index (χ4n) is 3.69. The first kappa shape index (κ1) is 20.8. The summed E-state index contributed by atoms with van der Waals surface area (Å²) in [5.41, 5.74) is 2.03. The van der Waals surface area contributed by atoms with Crippen LogP contribution >= 0.6 is 0 Å². The maximum Gasteiger partial charge on any atom is 0.203 e. The Balaban J connectivity index is 1.94. The number of hydrogen-bond acceptors (Lipinski definition) is 6. The largest absolute Gasteiger partial charge is 0.496 e. The van der Waals surface area contributed by atoms with Gasteiger partial charge < -0.3 is 23.7 Å². The molecule has 29 heavy (non-hydrogen) atoms. The average Bonchev–Trinajstić information content (AvgIpc) is 2.71. The van der Waals surface area contributed by atoms with E-state index in [9.17, 15) is 4.79 Å². The Bertz CT molecular complexity index is 891. The van der Waals surface area contributed by atoms with E-state index in [2.05, 4.69) is 13.8 Å². The van der Waals surface area contributed by atoms with Crippen LogP contribution in [-0.4, -0.2) is 39.8 Å². The van der Waals surface area contributed by atoms with Gasteiger partial charge in [0, 0.05) is 12.0 Å². The molecule has 0 saturated carbocycles. The van der Waals surface area contributed by atoms with E-state index < -0.39 is 0 Å². The fraction of sp³-hybridized carbons (Fsp3) is 0.435. The molecule has 0 unspecified atom stereocenters. The standard InChI is InChI=1S/C23H28O6/c1-23(2)10-9-16-18(29-23)8-7-15(21(16)27-5)17(24)11-14-12-19(25-3)22(28-6)20(13-14)26-4/h7-8,12-13H,9-11H2,1-6H3. The molecule has 0 fully saturated rings. The Morgan fingerprint density at radius 3 is 2.14 bits per heavy atom. The molecule has 3 rings (SSSR count). The lowest BCUT2D eigenvalue weighted by Gasteiger charge is -2.33. The molecule has 0 amide bonds. The van der Waals surface area contributed by atoms with E-state index in [1.165, 1.54) is 0 Å². The van der Waals surface area contributed by atoms with Crippen molar-refractivity contribution in [2.75, 3.05) is 28.4 Å². The molecule has 1 heterocycles. The van der Waals surface area contributed by atoms with Crippen molar-refractivity contribution >= 4 is 5.78 Å². The molecule has 0 aromatic heterocycles. The van der Waals surface area contributed by atoms with Gasteiger partial charge in [0.25, 0.3) is 0 Å². The normalized spacial score (nSPS) is 14.4. The van der Waals surface area contributed by atoms with Crippen LogP contribution in [0.5, 0.6) is 28.7 Å². The van der Waals surface area contributed by atoms with Gasteiger partial charge in [0.1, 0.15) is 17.1 Å². The average molecular weight is 400 g/mol. The third kappa shape index (κ3) is 4.11. The van der Waals surface area contributed by atoms with E-state index in [0.717, 1.165) is 29.7 Å². The molecule has 6 heteroatoms. The first-order valence-electron chi connectivity index (χ1n) is 9.54. The predicted molar refractivity (Wildman–Crippen MR) is 110 cm³/mol. The molecule has 0 saturated heterocycles. The minimum atomic E-state index is -0.222. The molecule has 1 aliphatic heterocycles. The number of Topliss-reactive ketones (excluding diaryl/α,β-unsaturated/α-hetero) is 1. The van der Waals surface area contributed by atoms with Crippen LogP contribution in [0.15, 0.2) is 24.3 Å². The SMILES string of the molecule is COc1cc(CC(=O)c2ccc3c(c2OC)CCC(C)(C)O3)cc(OC)c1OC. The van der Waals surface area contributed by atoms with Gasteiger partial charge in [-0.25, -0.2) is 0 Å². The lowest BCUT2D eigenvalue weighted by molar-refractivity contribution is 0.0834. The number of hydrogen-bond donors (Lipinski definition) is 0. The molecule has 0 radical (unpaired) electrons. The van der Waals surface area contributed by atoms with Crippen LogP contribution in [0.1, 0.15) is 41.8 Å². The highest BCUT2D eigenvalue weighted by molar-refractivity contribution is 6.00. The molecular weight excluding hydrogens is 372 g/mol. The number of carbonyl (C=O) groups excluding carboxylic acids is 1. The van der Waals surface area contributed by atoms with Gasteiger partial charge in [-0.3, -0.25) is 4.79 Å². The Hall–Kier alpha value is -2.89. The van der Waals surface area contributed by atoms with Crippen LogP contribution in [0.25, 0.3) is 0 Å². The number of rotatable bonds is 7. The molecule has 2 aromatic rings. The third-order valence-corrected chi connectivity index (χ3v) is 5.17. The summed E-state index contributed by atoms with van der Waals surface area (Å²) in [5, 5.41) is 0. The molecular formula is C23H28O6. The van der Waals surface area contributed by atoms with E-state index in [4.69, 9.17) is 23.7 Å². The highest BCUT2D eigenvalue weighted by Gasteiger charge is 2.30. The van der Waals surface area contributed by atoms with Gasteiger partial charge in [0.2, 0.25) is 5.75 Å². The topological polar surface area (TPSA) is 63.2 Å². The maximum atomic E-state index is 13.1. The first-order chi connectivity index (χ1) is 13.8. The number of ketones is 1. The molecule has 0 bridgehead atoms. The second-order valence-corrected chi connectivity index (χ2v) is 7.62. The lowest BCUT2D eigenvalue weighted by Crippen LogP contribution is -2.32. The zero-order valence-electron chi connectivity index (χ0n) is 17.9. The van der Waals surface area contributed by atoms with E-state index in [0.29, 0.717) is 28.6 Å². The maximum absolute atomic E-state index is 13.1. The van der Waals surface area contributed by atoms with Crippen LogP contribution in [0.4, 0.5) is 0 Å². The summed E-state index contributed by atoms with van der Waals surface area (Å²) in [7, 11) is 6.24. The second kappa shape index (κ2) is 8.23. The van der Waals surface area contributed by atoms with Gasteiger partial charge in [0.05, 0.1) is 34.0 Å². The van der Waals surface area contributed by atoms with Gasteiger partial charge in [-0.1, -0.05) is 0 Å². The first-order valence-corrected chi connectivity index (χ1v) is 9.54. The van der Waals surface area contributed by atoms with Crippen LogP contribution in [0, 0.1) is 0 Å². The van der Waals surface area contributed by atoms with Gasteiger partial charge in [-0.05, 0) is 56.5 Å². The van der Waals surface area contributed by atoms with Crippen LogP contribution in [0.2, 0.25) is 0 Å². The highest BCUT2D eigenvalue weighted by Crippen LogP contribution is 2.41. The molecule has 0 N–H and O–H groups in total. The molecule has 0 spiro atoms. The zero-order valence-corrected chi connectivity index (χ0v) is 17.9. The van der Waals surface area contributed by atoms with E-state index in [1.54, 1.807) is 46.6 Å². The Kier molecular flexibility index (Phi) is 5.91. The van der Waals surface area contributed by atoms with Crippen molar-refractivity contribution in [3.05, 3.63) is 41.0 Å². The molecule has 1 aliphatic rings. The lowest BCUT2D eigenvalue weighted by atomic mass is 9.91. The number of fused-ring (bicyclic) bond motifs is 1. The summed E-state index contributed by atoms with van der Waals surface area (Å²) < 4.78 is 27.8. The van der Waals surface area contributed by atoms with Crippen molar-refractivity contribution < 1.29 is 28.5 Å². The fourth-order valence-corrected chi connectivity index (χ4v) is 3.69. The summed E-state index contributed by atoms with van der Waals surface area (Å²) in [5.74, 6) is 2.85. The van der Waals surface area contributed by atoms with Crippen LogP contribution in [-0.2, 0) is 12.8 Å². The van der Waals surface area contributed by atoms with Gasteiger partial charge in [-0.15, -0.1) is 0 Å². The van der Waals surface area contributed by atoms with E-state index >= 15 is 0 Å². The van der Waals surface area contributed by atoms with Gasteiger partial charge in [-0.2, -0.15) is 0 Å². The number of methoxy groups -OCH3 is 4. The molecule has 0 atom stereocenters. The van der Waals surface area contributed by atoms with Crippen LogP contribution < -0.4 is 23.7 Å². The van der Waals surface area contributed by atoms with Crippen molar-refractivity contribution in [3.63, 3.8) is 0 Å². The van der Waals surface area contributed by atoms with Gasteiger partial charge >= 0.3 is 0 Å². The summed E-state index contributed by atoms with van der Waals surface area (Å²) in [6, 6.07) is 7.21. The monoisotopic (exact) mass is 400 g/mol. The Morgan fingerprint density at radius 2 is 1.59 bits per heavy atom. The third-order valence-electron chi connectivity index (χ3n) is 5.17. The summed E-state index contributed by atoms with van der Waals surface area (Å²) >= 11 is 0. The Morgan fingerprint density at radius 1 is 0.966 bits per heavy atom. The highest BCUT2D eigenvalue weighted by atomic mass is 16.5. The number of carbonyl (C=O) groups is 1.